The first-order chi connectivity index (χ1) is 9.46. The first kappa shape index (κ1) is 17.6. The van der Waals surface area contributed by atoms with E-state index in [2.05, 4.69) is 23.5 Å². The predicted molar refractivity (Wildman–Crippen MR) is 82.6 cm³/mol. The number of aliphatic hydroxyl groups excluding tert-OH is 1. The van der Waals surface area contributed by atoms with Crippen LogP contribution in [0.5, 0.6) is 0 Å². The molecule has 116 valence electrons. The summed E-state index contributed by atoms with van der Waals surface area (Å²) in [6, 6.07) is 0. The second-order valence-corrected chi connectivity index (χ2v) is 7.33. The van der Waals surface area contributed by atoms with Crippen molar-refractivity contribution in [2.75, 3.05) is 26.2 Å². The van der Waals surface area contributed by atoms with Crippen molar-refractivity contribution in [3.8, 4) is 0 Å². The molecule has 1 aromatic heterocycles. The molecule has 2 N–H and O–H groups in total. The molecule has 0 aromatic carbocycles. The summed E-state index contributed by atoms with van der Waals surface area (Å²) < 4.78 is 27.2. The van der Waals surface area contributed by atoms with E-state index in [1.54, 1.807) is 12.3 Å². The van der Waals surface area contributed by atoms with Crippen LogP contribution < -0.4 is 4.72 Å². The minimum Gasteiger partial charge on any atom is -0.391 e. The summed E-state index contributed by atoms with van der Waals surface area (Å²) in [7, 11) is -3.54. The molecule has 0 spiro atoms. The summed E-state index contributed by atoms with van der Waals surface area (Å²) in [6.45, 7) is 8.64. The lowest BCUT2D eigenvalue weighted by Gasteiger charge is -2.19. The van der Waals surface area contributed by atoms with Crippen molar-refractivity contribution in [2.24, 2.45) is 0 Å². The Balaban J connectivity index is 2.68. The predicted octanol–water partition coefficient (Wildman–Crippen LogP) is 1.56. The molecule has 7 heteroatoms. The number of sulfonamides is 1. The van der Waals surface area contributed by atoms with E-state index in [0.29, 0.717) is 23.5 Å². The van der Waals surface area contributed by atoms with Gasteiger partial charge in [-0.05, 0) is 37.4 Å². The summed E-state index contributed by atoms with van der Waals surface area (Å²) in [5.41, 5.74) is 0.687. The number of aliphatic hydroxyl groups is 1. The van der Waals surface area contributed by atoms with Crippen molar-refractivity contribution in [2.45, 2.75) is 38.7 Å². The second-order valence-electron chi connectivity index (χ2n) is 4.66. The topological polar surface area (TPSA) is 69.6 Å². The van der Waals surface area contributed by atoms with Crippen LogP contribution in [0.15, 0.2) is 10.3 Å². The molecule has 0 amide bonds. The normalized spacial score (nSPS) is 12.2. The number of aryl methyl sites for hydroxylation is 1. The highest BCUT2D eigenvalue weighted by Gasteiger charge is 2.22. The molecule has 5 nitrogen and oxygen atoms in total. The van der Waals surface area contributed by atoms with E-state index in [0.717, 1.165) is 19.5 Å². The zero-order valence-corrected chi connectivity index (χ0v) is 14.0. The average Bonchev–Trinajstić information content (AvgIpc) is 2.79. The number of hydrogen-bond acceptors (Lipinski definition) is 5. The lowest BCUT2D eigenvalue weighted by molar-refractivity contribution is 0.282. The van der Waals surface area contributed by atoms with Gasteiger partial charge in [-0.2, -0.15) is 0 Å². The van der Waals surface area contributed by atoms with Crippen LogP contribution in [0.25, 0.3) is 0 Å². The highest BCUT2D eigenvalue weighted by atomic mass is 32.2. The maximum Gasteiger partial charge on any atom is 0.242 e. The summed E-state index contributed by atoms with van der Waals surface area (Å²) in [5, 5.41) is 11.0. The van der Waals surface area contributed by atoms with Crippen LogP contribution in [-0.2, 0) is 16.6 Å². The van der Waals surface area contributed by atoms with Crippen molar-refractivity contribution in [3.05, 3.63) is 15.8 Å². The Kier molecular flexibility index (Phi) is 7.11. The lowest BCUT2D eigenvalue weighted by atomic mass is 10.3. The fraction of sp³-hybridized carbons (Fsp3) is 0.692. The fourth-order valence-electron chi connectivity index (χ4n) is 2.11. The number of likely N-dealkylation sites (N-methyl/N-ethyl adjacent to an activating group) is 1. The van der Waals surface area contributed by atoms with Crippen molar-refractivity contribution < 1.29 is 13.5 Å². The van der Waals surface area contributed by atoms with Gasteiger partial charge in [0.25, 0.3) is 0 Å². The molecule has 0 aliphatic rings. The Hall–Kier alpha value is -0.470. The van der Waals surface area contributed by atoms with E-state index in [9.17, 15) is 13.5 Å². The molecule has 0 atom stereocenters. The molecule has 1 rings (SSSR count). The maximum absolute atomic E-state index is 12.3. The van der Waals surface area contributed by atoms with Crippen LogP contribution in [0.2, 0.25) is 0 Å². The molecule has 1 aromatic rings. The number of rotatable bonds is 9. The summed E-state index contributed by atoms with van der Waals surface area (Å²) >= 11 is 1.28. The van der Waals surface area contributed by atoms with Gasteiger partial charge >= 0.3 is 0 Å². The van der Waals surface area contributed by atoms with Crippen LogP contribution in [0, 0.1) is 6.92 Å². The molecule has 0 unspecified atom stereocenters. The molecule has 0 saturated heterocycles. The van der Waals surface area contributed by atoms with Crippen LogP contribution in [0.1, 0.15) is 30.7 Å². The van der Waals surface area contributed by atoms with Gasteiger partial charge in [0.05, 0.1) is 11.5 Å². The zero-order chi connectivity index (χ0) is 15.2. The van der Waals surface area contributed by atoms with Gasteiger partial charge < -0.3 is 10.0 Å². The third-order valence-corrected chi connectivity index (χ3v) is 6.02. The monoisotopic (exact) mass is 320 g/mol. The highest BCUT2D eigenvalue weighted by molar-refractivity contribution is 7.89. The second kappa shape index (κ2) is 8.09. The molecular formula is C13H24N2O3S2. The van der Waals surface area contributed by atoms with Gasteiger partial charge in [-0.3, -0.25) is 0 Å². The van der Waals surface area contributed by atoms with Gasteiger partial charge in [0.1, 0.15) is 4.90 Å². The number of nitrogens with zero attached hydrogens (tertiary/aromatic N) is 1. The first-order valence-corrected chi connectivity index (χ1v) is 9.22. The van der Waals surface area contributed by atoms with E-state index in [1.165, 1.54) is 11.3 Å². The average molecular weight is 320 g/mol. The Morgan fingerprint density at radius 3 is 2.60 bits per heavy atom. The molecule has 0 aliphatic heterocycles. The number of hydrogen-bond donors (Lipinski definition) is 2. The van der Waals surface area contributed by atoms with Crippen LogP contribution >= 0.6 is 11.3 Å². The van der Waals surface area contributed by atoms with E-state index in [1.807, 2.05) is 0 Å². The molecule has 20 heavy (non-hydrogen) atoms. The standard InChI is InChI=1S/C13H24N2O3S2/c1-4-7-15(5-2)8-6-14-20(17,18)13-11(3)10-19-12(13)9-16/h10,14,16H,4-9H2,1-3H3. The van der Waals surface area contributed by atoms with Crippen molar-refractivity contribution >= 4 is 21.4 Å². The van der Waals surface area contributed by atoms with Gasteiger partial charge in [-0.15, -0.1) is 11.3 Å². The van der Waals surface area contributed by atoms with E-state index >= 15 is 0 Å². The van der Waals surface area contributed by atoms with Gasteiger partial charge in [0, 0.05) is 13.1 Å². The molecular weight excluding hydrogens is 296 g/mol. The third-order valence-electron chi connectivity index (χ3n) is 3.11. The maximum atomic E-state index is 12.3. The smallest absolute Gasteiger partial charge is 0.242 e. The van der Waals surface area contributed by atoms with Crippen molar-refractivity contribution in [1.82, 2.24) is 9.62 Å². The van der Waals surface area contributed by atoms with Crippen LogP contribution in [0.4, 0.5) is 0 Å². The molecule has 0 fully saturated rings. The number of thiophene rings is 1. The lowest BCUT2D eigenvalue weighted by Crippen LogP contribution is -2.35. The fourth-order valence-corrected chi connectivity index (χ4v) is 4.79. The Morgan fingerprint density at radius 2 is 2.05 bits per heavy atom. The van der Waals surface area contributed by atoms with E-state index < -0.39 is 10.0 Å². The summed E-state index contributed by atoms with van der Waals surface area (Å²) in [6.07, 6.45) is 1.05. The third kappa shape index (κ3) is 4.53. The Morgan fingerprint density at radius 1 is 1.35 bits per heavy atom. The SMILES string of the molecule is CCCN(CC)CCNS(=O)(=O)c1c(C)csc1CO. The van der Waals surface area contributed by atoms with Crippen LogP contribution in [-0.4, -0.2) is 44.6 Å². The zero-order valence-electron chi connectivity index (χ0n) is 12.3. The summed E-state index contributed by atoms with van der Waals surface area (Å²) in [4.78, 5) is 2.94. The minimum atomic E-state index is -3.54. The Labute approximate surface area is 125 Å². The first-order valence-electron chi connectivity index (χ1n) is 6.86. The molecule has 0 saturated carbocycles. The summed E-state index contributed by atoms with van der Waals surface area (Å²) in [5.74, 6) is 0. The number of nitrogens with one attached hydrogen (secondary N) is 1. The molecule has 0 bridgehead atoms. The van der Waals surface area contributed by atoms with Crippen molar-refractivity contribution in [3.63, 3.8) is 0 Å². The minimum absolute atomic E-state index is 0.239. The van der Waals surface area contributed by atoms with E-state index in [4.69, 9.17) is 0 Å². The molecule has 0 aliphatic carbocycles. The quantitative estimate of drug-likeness (QED) is 0.724. The largest absolute Gasteiger partial charge is 0.391 e. The molecule has 1 heterocycles. The van der Waals surface area contributed by atoms with Gasteiger partial charge in [-0.25, -0.2) is 13.1 Å². The highest BCUT2D eigenvalue weighted by Crippen LogP contribution is 2.26. The van der Waals surface area contributed by atoms with E-state index in [-0.39, 0.29) is 11.5 Å². The van der Waals surface area contributed by atoms with Gasteiger partial charge in [0.2, 0.25) is 10.0 Å². The van der Waals surface area contributed by atoms with Gasteiger partial charge in [-0.1, -0.05) is 13.8 Å². The Bertz CT molecular complexity index is 512. The van der Waals surface area contributed by atoms with Crippen LogP contribution in [0.3, 0.4) is 0 Å². The molecule has 0 radical (unpaired) electrons. The van der Waals surface area contributed by atoms with Gasteiger partial charge in [0.15, 0.2) is 0 Å². The van der Waals surface area contributed by atoms with Crippen molar-refractivity contribution in [1.29, 1.82) is 0 Å².